The molecular weight excluding hydrogens is 290 g/mol. The summed E-state index contributed by atoms with van der Waals surface area (Å²) in [7, 11) is 0. The highest BCUT2D eigenvalue weighted by Crippen LogP contribution is 2.39. The monoisotopic (exact) mass is 325 g/mol. The van der Waals surface area contributed by atoms with Crippen LogP contribution in [0.4, 0.5) is 0 Å². The molecule has 0 saturated carbocycles. The van der Waals surface area contributed by atoms with Crippen LogP contribution in [-0.2, 0) is 10.8 Å². The first kappa shape index (κ1) is 21.9. The number of hydrogen-bond donors (Lipinski definition) is 4. The van der Waals surface area contributed by atoms with Gasteiger partial charge in [-0.25, -0.2) is 0 Å². The van der Waals surface area contributed by atoms with Crippen LogP contribution < -0.4 is 5.32 Å². The second-order valence-corrected chi connectivity index (χ2v) is 7.91. The predicted octanol–water partition coefficient (Wildman–Crippen LogP) is 2.86. The van der Waals surface area contributed by atoms with Gasteiger partial charge >= 0.3 is 0 Å². The van der Waals surface area contributed by atoms with Crippen molar-refractivity contribution >= 4 is 0 Å². The zero-order valence-electron chi connectivity index (χ0n) is 15.8. The number of benzene rings is 1. The molecule has 23 heavy (non-hydrogen) atoms. The van der Waals surface area contributed by atoms with Gasteiger partial charge in [0.15, 0.2) is 0 Å². The van der Waals surface area contributed by atoms with E-state index < -0.39 is 0 Å². The number of aliphatic hydroxyl groups excluding tert-OH is 2. The van der Waals surface area contributed by atoms with Gasteiger partial charge in [-0.1, -0.05) is 59.2 Å². The number of nitrogens with one attached hydrogen (secondary N) is 1. The molecule has 0 spiro atoms. The molecule has 0 saturated heterocycles. The molecule has 0 atom stereocenters. The summed E-state index contributed by atoms with van der Waals surface area (Å²) in [4.78, 5) is 0. The Kier molecular flexibility index (Phi) is 8.82. The maximum Gasteiger partial charge on any atom is 0.123 e. The third-order valence-corrected chi connectivity index (χ3v) is 3.45. The number of phenolic OH excluding ortho intramolecular Hbond substituents is 1. The lowest BCUT2D eigenvalue weighted by atomic mass is 9.78. The second-order valence-electron chi connectivity index (χ2n) is 7.91. The fraction of sp³-hybridized carbons (Fsp3) is 0.684. The van der Waals surface area contributed by atoms with Crippen LogP contribution in [0.3, 0.4) is 0 Å². The van der Waals surface area contributed by atoms with Crippen LogP contribution in [0.2, 0.25) is 0 Å². The molecule has 0 heterocycles. The molecule has 134 valence electrons. The lowest BCUT2D eigenvalue weighted by Gasteiger charge is -2.27. The molecule has 0 aliphatic carbocycles. The van der Waals surface area contributed by atoms with Crippen molar-refractivity contribution in [2.75, 3.05) is 26.3 Å². The van der Waals surface area contributed by atoms with Crippen molar-refractivity contribution in [1.29, 1.82) is 0 Å². The summed E-state index contributed by atoms with van der Waals surface area (Å²) in [6.45, 7) is 16.3. The van der Waals surface area contributed by atoms with Gasteiger partial charge in [-0.15, -0.1) is 0 Å². The van der Waals surface area contributed by atoms with Crippen LogP contribution >= 0.6 is 0 Å². The number of aliphatic hydroxyl groups is 2. The first-order valence-corrected chi connectivity index (χ1v) is 8.22. The summed E-state index contributed by atoms with van der Waals surface area (Å²) in [6.07, 6.45) is 0. The van der Waals surface area contributed by atoms with E-state index in [1.807, 2.05) is 0 Å². The van der Waals surface area contributed by atoms with Crippen molar-refractivity contribution in [3.63, 3.8) is 0 Å². The topological polar surface area (TPSA) is 72.7 Å². The van der Waals surface area contributed by atoms with Crippen LogP contribution in [0.1, 0.15) is 58.2 Å². The minimum Gasteiger partial charge on any atom is -0.507 e. The Labute approximate surface area is 141 Å². The zero-order valence-corrected chi connectivity index (χ0v) is 15.8. The number of aryl methyl sites for hydroxylation is 1. The average molecular weight is 325 g/mol. The van der Waals surface area contributed by atoms with E-state index in [1.165, 1.54) is 5.56 Å². The van der Waals surface area contributed by atoms with Crippen LogP contribution in [0.25, 0.3) is 0 Å². The highest BCUT2D eigenvalue weighted by molar-refractivity contribution is 5.49. The molecule has 0 unspecified atom stereocenters. The third-order valence-electron chi connectivity index (χ3n) is 3.45. The molecule has 1 rings (SSSR count). The Hall–Kier alpha value is -1.10. The molecule has 0 radical (unpaired) electrons. The molecule has 0 aliphatic heterocycles. The van der Waals surface area contributed by atoms with E-state index in [2.05, 4.69) is 65.9 Å². The number of hydrogen-bond acceptors (Lipinski definition) is 4. The van der Waals surface area contributed by atoms with E-state index in [9.17, 15) is 5.11 Å². The average Bonchev–Trinajstić information content (AvgIpc) is 2.40. The van der Waals surface area contributed by atoms with Crippen molar-refractivity contribution in [2.24, 2.45) is 0 Å². The molecular formula is C19H35NO3. The Balaban J connectivity index is 0.000000585. The predicted molar refractivity (Wildman–Crippen MR) is 97.3 cm³/mol. The fourth-order valence-corrected chi connectivity index (χ4v) is 2.21. The largest absolute Gasteiger partial charge is 0.507 e. The minimum atomic E-state index is -0.0178. The molecule has 0 fully saturated rings. The van der Waals surface area contributed by atoms with E-state index in [0.29, 0.717) is 18.8 Å². The van der Waals surface area contributed by atoms with Gasteiger partial charge in [0.25, 0.3) is 0 Å². The van der Waals surface area contributed by atoms with Crippen molar-refractivity contribution in [1.82, 2.24) is 5.32 Å². The SMILES string of the molecule is Cc1cc(C(C)(C)C)c(O)c(C(C)(C)C)c1.OCCNCCO. The molecule has 0 amide bonds. The number of rotatable bonds is 4. The van der Waals surface area contributed by atoms with Crippen molar-refractivity contribution in [3.8, 4) is 5.75 Å². The summed E-state index contributed by atoms with van der Waals surface area (Å²) in [5, 5.41) is 29.5. The Morgan fingerprint density at radius 3 is 1.43 bits per heavy atom. The van der Waals surface area contributed by atoms with Crippen molar-refractivity contribution in [3.05, 3.63) is 28.8 Å². The lowest BCUT2D eigenvalue weighted by molar-refractivity contribution is 0.266. The first-order valence-electron chi connectivity index (χ1n) is 8.22. The maximum atomic E-state index is 10.4. The minimum absolute atomic E-state index is 0.0178. The van der Waals surface area contributed by atoms with E-state index >= 15 is 0 Å². The summed E-state index contributed by atoms with van der Waals surface area (Å²) < 4.78 is 0. The molecule has 4 N–H and O–H groups in total. The smallest absolute Gasteiger partial charge is 0.123 e. The van der Waals surface area contributed by atoms with E-state index in [-0.39, 0.29) is 24.0 Å². The van der Waals surface area contributed by atoms with Crippen molar-refractivity contribution in [2.45, 2.75) is 59.3 Å². The molecule has 1 aromatic rings. The molecule has 0 aliphatic rings. The Morgan fingerprint density at radius 2 is 1.17 bits per heavy atom. The van der Waals surface area contributed by atoms with Crippen LogP contribution in [0.5, 0.6) is 5.75 Å². The lowest BCUT2D eigenvalue weighted by Crippen LogP contribution is -2.21. The van der Waals surface area contributed by atoms with Gasteiger partial charge < -0.3 is 20.6 Å². The van der Waals surface area contributed by atoms with Crippen LogP contribution in [0.15, 0.2) is 12.1 Å². The maximum absolute atomic E-state index is 10.4. The van der Waals surface area contributed by atoms with Crippen LogP contribution in [0, 0.1) is 6.92 Å². The molecule has 0 aromatic heterocycles. The first-order chi connectivity index (χ1) is 10.4. The van der Waals surface area contributed by atoms with Crippen molar-refractivity contribution < 1.29 is 15.3 Å². The highest BCUT2D eigenvalue weighted by atomic mass is 16.3. The van der Waals surface area contributed by atoms with E-state index in [1.54, 1.807) is 0 Å². The van der Waals surface area contributed by atoms with E-state index in [0.717, 1.165) is 11.1 Å². The van der Waals surface area contributed by atoms with Gasteiger partial charge in [-0.2, -0.15) is 0 Å². The van der Waals surface area contributed by atoms with Gasteiger partial charge in [0.05, 0.1) is 13.2 Å². The molecule has 4 nitrogen and oxygen atoms in total. The summed E-state index contributed by atoms with van der Waals surface area (Å²) in [5.74, 6) is 0.464. The van der Waals surface area contributed by atoms with Gasteiger partial charge in [0, 0.05) is 13.1 Å². The number of phenols is 1. The third kappa shape index (κ3) is 7.82. The van der Waals surface area contributed by atoms with Gasteiger partial charge in [0.1, 0.15) is 5.75 Å². The molecule has 0 bridgehead atoms. The molecule has 1 aromatic carbocycles. The summed E-state index contributed by atoms with van der Waals surface area (Å²) in [5.41, 5.74) is 3.26. The second kappa shape index (κ2) is 9.26. The van der Waals surface area contributed by atoms with Gasteiger partial charge in [-0.3, -0.25) is 0 Å². The number of aromatic hydroxyl groups is 1. The van der Waals surface area contributed by atoms with Gasteiger partial charge in [0.2, 0.25) is 0 Å². The van der Waals surface area contributed by atoms with E-state index in [4.69, 9.17) is 10.2 Å². The van der Waals surface area contributed by atoms with Crippen LogP contribution in [-0.4, -0.2) is 41.6 Å². The summed E-state index contributed by atoms with van der Waals surface area (Å²) in [6, 6.07) is 4.18. The normalized spacial score (nSPS) is 11.9. The standard InChI is InChI=1S/C15H24O.C4H11NO2/c1-10-8-11(14(2,3)4)13(16)12(9-10)15(5,6)7;6-3-1-5-2-4-7/h8-9,16H,1-7H3;5-7H,1-4H2. The Bertz CT molecular complexity index is 431. The molecule has 4 heteroatoms. The highest BCUT2D eigenvalue weighted by Gasteiger charge is 2.25. The fourth-order valence-electron chi connectivity index (χ4n) is 2.21. The zero-order chi connectivity index (χ0) is 18.3. The van der Waals surface area contributed by atoms with Gasteiger partial charge in [-0.05, 0) is 28.9 Å². The summed E-state index contributed by atoms with van der Waals surface area (Å²) >= 11 is 0. The quantitative estimate of drug-likeness (QED) is 0.642. The Morgan fingerprint density at radius 1 is 0.826 bits per heavy atom.